The Kier molecular flexibility index (Phi) is 10.4. The van der Waals surface area contributed by atoms with E-state index in [2.05, 4.69) is 44.8 Å². The van der Waals surface area contributed by atoms with E-state index in [1.54, 1.807) is 7.11 Å². The van der Waals surface area contributed by atoms with Crippen LogP contribution in [0.5, 0.6) is 5.75 Å². The molecule has 31 heavy (non-hydrogen) atoms. The molecule has 1 unspecified atom stereocenters. The first-order chi connectivity index (χ1) is 14.6. The van der Waals surface area contributed by atoms with Crippen LogP contribution in [0.1, 0.15) is 44.3 Å². The van der Waals surface area contributed by atoms with Gasteiger partial charge in [0.15, 0.2) is 11.8 Å². The lowest BCUT2D eigenvalue weighted by atomic mass is 10.0. The molecular weight excluding hydrogens is 505 g/mol. The molecule has 3 rings (SSSR count). The summed E-state index contributed by atoms with van der Waals surface area (Å²) in [4.78, 5) is 7.21. The monoisotopic (exact) mass is 541 g/mol. The quantitative estimate of drug-likeness (QED) is 0.231. The van der Waals surface area contributed by atoms with Crippen molar-refractivity contribution in [1.82, 2.24) is 25.4 Å². The lowest BCUT2D eigenvalue weighted by molar-refractivity contribution is 0.414. The molecule has 1 atom stereocenters. The summed E-state index contributed by atoms with van der Waals surface area (Å²) in [6.45, 7) is 7.55. The summed E-state index contributed by atoms with van der Waals surface area (Å²) in [5.41, 5.74) is 1.20. The molecule has 1 aromatic carbocycles. The van der Waals surface area contributed by atoms with Gasteiger partial charge in [-0.3, -0.25) is 0 Å². The van der Waals surface area contributed by atoms with Gasteiger partial charge in [-0.25, -0.2) is 4.99 Å². The standard InChI is InChI=1S/C22H35N7O.HI/c1-5-6-12-23-22(24-15-21-27-26-17(2)28(21)3)25-18-9-8-13-29(16-18)19-10-7-11-20(14-19)30-4;/h7,10-11,14,18H,5-6,8-9,12-13,15-16H2,1-4H3,(H2,23,24,25);1H. The smallest absolute Gasteiger partial charge is 0.191 e. The SMILES string of the molecule is CCCCNC(=NCc1nnc(C)n1C)NC1CCCN(c2cccc(OC)c2)C1.I. The fraction of sp³-hybridized carbons (Fsp3) is 0.591. The first kappa shape index (κ1) is 25.2. The molecule has 0 saturated carbocycles. The lowest BCUT2D eigenvalue weighted by Gasteiger charge is -2.35. The highest BCUT2D eigenvalue weighted by Crippen LogP contribution is 2.24. The highest BCUT2D eigenvalue weighted by atomic mass is 127. The molecule has 0 bridgehead atoms. The third-order valence-electron chi connectivity index (χ3n) is 5.56. The second kappa shape index (κ2) is 12.7. The maximum atomic E-state index is 5.39. The summed E-state index contributed by atoms with van der Waals surface area (Å²) in [7, 11) is 3.69. The molecule has 1 fully saturated rings. The Hall–Kier alpha value is -2.04. The van der Waals surface area contributed by atoms with Crippen LogP contribution in [0.25, 0.3) is 0 Å². The molecule has 8 nitrogen and oxygen atoms in total. The van der Waals surface area contributed by atoms with Crippen molar-refractivity contribution in [2.24, 2.45) is 12.0 Å². The lowest BCUT2D eigenvalue weighted by Crippen LogP contribution is -2.51. The van der Waals surface area contributed by atoms with Gasteiger partial charge in [-0.05, 0) is 38.3 Å². The van der Waals surface area contributed by atoms with E-state index in [1.807, 2.05) is 30.7 Å². The Morgan fingerprint density at radius 2 is 2.16 bits per heavy atom. The Balaban J connectivity index is 0.00000341. The average Bonchev–Trinajstić information content (AvgIpc) is 3.10. The summed E-state index contributed by atoms with van der Waals surface area (Å²) >= 11 is 0. The van der Waals surface area contributed by atoms with E-state index in [0.29, 0.717) is 12.6 Å². The van der Waals surface area contributed by atoms with Crippen molar-refractivity contribution < 1.29 is 4.74 Å². The zero-order valence-electron chi connectivity index (χ0n) is 19.1. The number of aryl methyl sites for hydroxylation is 1. The summed E-state index contributed by atoms with van der Waals surface area (Å²) in [5, 5.41) is 15.5. The number of rotatable bonds is 8. The van der Waals surface area contributed by atoms with E-state index in [9.17, 15) is 0 Å². The Morgan fingerprint density at radius 1 is 1.32 bits per heavy atom. The number of anilines is 1. The number of hydrogen-bond acceptors (Lipinski definition) is 5. The summed E-state index contributed by atoms with van der Waals surface area (Å²) in [6.07, 6.45) is 4.53. The fourth-order valence-electron chi connectivity index (χ4n) is 3.60. The number of guanidine groups is 1. The second-order valence-corrected chi connectivity index (χ2v) is 7.80. The third kappa shape index (κ3) is 7.26. The minimum atomic E-state index is 0. The van der Waals surface area contributed by atoms with Gasteiger partial charge in [-0.2, -0.15) is 0 Å². The minimum Gasteiger partial charge on any atom is -0.497 e. The summed E-state index contributed by atoms with van der Waals surface area (Å²) in [5.74, 6) is 3.51. The van der Waals surface area contributed by atoms with E-state index >= 15 is 0 Å². The number of aromatic nitrogens is 3. The van der Waals surface area contributed by atoms with Gasteiger partial charge < -0.3 is 24.8 Å². The molecule has 0 aliphatic carbocycles. The van der Waals surface area contributed by atoms with E-state index < -0.39 is 0 Å². The number of nitrogens with zero attached hydrogens (tertiary/aromatic N) is 5. The van der Waals surface area contributed by atoms with Gasteiger partial charge in [0.2, 0.25) is 0 Å². The van der Waals surface area contributed by atoms with Crippen LogP contribution in [0.3, 0.4) is 0 Å². The Bertz CT molecular complexity index is 839. The molecule has 9 heteroatoms. The van der Waals surface area contributed by atoms with Crippen molar-refractivity contribution in [3.63, 3.8) is 0 Å². The largest absolute Gasteiger partial charge is 0.497 e. The van der Waals surface area contributed by atoms with Gasteiger partial charge >= 0.3 is 0 Å². The third-order valence-corrected chi connectivity index (χ3v) is 5.56. The molecule has 0 spiro atoms. The van der Waals surface area contributed by atoms with Gasteiger partial charge in [0.25, 0.3) is 0 Å². The van der Waals surface area contributed by atoms with Crippen LogP contribution in [-0.4, -0.2) is 53.5 Å². The van der Waals surface area contributed by atoms with Crippen molar-refractivity contribution >= 4 is 35.6 Å². The van der Waals surface area contributed by atoms with Gasteiger partial charge in [-0.1, -0.05) is 19.4 Å². The van der Waals surface area contributed by atoms with Crippen LogP contribution >= 0.6 is 24.0 Å². The number of piperidine rings is 1. The van der Waals surface area contributed by atoms with Gasteiger partial charge in [0.05, 0.1) is 7.11 Å². The summed E-state index contributed by atoms with van der Waals surface area (Å²) < 4.78 is 7.38. The van der Waals surface area contributed by atoms with Crippen LogP contribution in [0.15, 0.2) is 29.3 Å². The maximum absolute atomic E-state index is 5.39. The maximum Gasteiger partial charge on any atom is 0.191 e. The molecule has 1 saturated heterocycles. The zero-order valence-corrected chi connectivity index (χ0v) is 21.4. The van der Waals surface area contributed by atoms with Crippen molar-refractivity contribution in [3.05, 3.63) is 35.9 Å². The van der Waals surface area contributed by atoms with Crippen molar-refractivity contribution in [2.45, 2.75) is 52.1 Å². The predicted octanol–water partition coefficient (Wildman–Crippen LogP) is 3.25. The normalized spacial score (nSPS) is 16.6. The van der Waals surface area contributed by atoms with E-state index in [0.717, 1.165) is 68.7 Å². The number of methoxy groups -OCH3 is 1. The van der Waals surface area contributed by atoms with Gasteiger partial charge in [0, 0.05) is 44.5 Å². The molecule has 1 aliphatic heterocycles. The van der Waals surface area contributed by atoms with Crippen LogP contribution < -0.4 is 20.3 Å². The number of unbranched alkanes of at least 4 members (excludes halogenated alkanes) is 1. The number of benzene rings is 1. The van der Waals surface area contributed by atoms with Crippen LogP contribution in [0.4, 0.5) is 5.69 Å². The molecule has 2 aromatic rings. The van der Waals surface area contributed by atoms with E-state index in [-0.39, 0.29) is 24.0 Å². The highest BCUT2D eigenvalue weighted by Gasteiger charge is 2.21. The van der Waals surface area contributed by atoms with Crippen molar-refractivity contribution in [2.75, 3.05) is 31.6 Å². The van der Waals surface area contributed by atoms with Gasteiger partial charge in [-0.15, -0.1) is 34.2 Å². The molecule has 172 valence electrons. The zero-order chi connectivity index (χ0) is 21.3. The fourth-order valence-corrected chi connectivity index (χ4v) is 3.60. The Labute approximate surface area is 202 Å². The molecule has 0 amide bonds. The molecule has 2 heterocycles. The number of halogens is 1. The Morgan fingerprint density at radius 3 is 2.87 bits per heavy atom. The topological polar surface area (TPSA) is 79.6 Å². The number of ether oxygens (including phenoxy) is 1. The average molecular weight is 541 g/mol. The molecule has 1 aliphatic rings. The van der Waals surface area contributed by atoms with Crippen molar-refractivity contribution in [3.8, 4) is 5.75 Å². The van der Waals surface area contributed by atoms with E-state index in [4.69, 9.17) is 9.73 Å². The molecular formula is C22H36IN7O. The van der Waals surface area contributed by atoms with Crippen molar-refractivity contribution in [1.29, 1.82) is 0 Å². The first-order valence-electron chi connectivity index (χ1n) is 10.9. The summed E-state index contributed by atoms with van der Waals surface area (Å²) in [6, 6.07) is 8.62. The number of aliphatic imine (C=N–C) groups is 1. The second-order valence-electron chi connectivity index (χ2n) is 7.80. The van der Waals surface area contributed by atoms with E-state index in [1.165, 1.54) is 5.69 Å². The number of nitrogens with one attached hydrogen (secondary N) is 2. The highest BCUT2D eigenvalue weighted by molar-refractivity contribution is 14.0. The van der Waals surface area contributed by atoms with Crippen LogP contribution in [0, 0.1) is 6.92 Å². The molecule has 1 aromatic heterocycles. The molecule has 2 N–H and O–H groups in total. The minimum absolute atomic E-state index is 0. The van der Waals surface area contributed by atoms with Crippen LogP contribution in [-0.2, 0) is 13.6 Å². The van der Waals surface area contributed by atoms with Crippen LogP contribution in [0.2, 0.25) is 0 Å². The number of hydrogen-bond donors (Lipinski definition) is 2. The van der Waals surface area contributed by atoms with Gasteiger partial charge in [0.1, 0.15) is 18.1 Å². The first-order valence-corrected chi connectivity index (χ1v) is 10.9. The predicted molar refractivity (Wildman–Crippen MR) is 137 cm³/mol. The molecule has 0 radical (unpaired) electrons.